The number of aryl methyl sites for hydroxylation is 3. The van der Waals surface area contributed by atoms with E-state index in [4.69, 9.17) is 12.2 Å². The van der Waals surface area contributed by atoms with Crippen molar-refractivity contribution < 1.29 is 0 Å². The summed E-state index contributed by atoms with van der Waals surface area (Å²) in [6.07, 6.45) is 0. The summed E-state index contributed by atoms with van der Waals surface area (Å²) in [6.45, 7) is 6.99. The third-order valence-electron chi connectivity index (χ3n) is 3.05. The number of nitrogens with one attached hydrogen (secondary N) is 2. The molecule has 2 aromatic rings. The predicted octanol–water partition coefficient (Wildman–Crippen LogP) is 4.10. The van der Waals surface area contributed by atoms with Crippen LogP contribution in [0.5, 0.6) is 0 Å². The number of anilines is 1. The number of hydrogen-bond donors (Lipinski definition) is 2. The van der Waals surface area contributed by atoms with E-state index < -0.39 is 0 Å². The van der Waals surface area contributed by atoms with Gasteiger partial charge in [0.05, 0.1) is 0 Å². The lowest BCUT2D eigenvalue weighted by atomic mass is 10.1. The van der Waals surface area contributed by atoms with Crippen molar-refractivity contribution in [3.8, 4) is 0 Å². The van der Waals surface area contributed by atoms with Crippen LogP contribution in [0.1, 0.15) is 22.3 Å². The molecule has 2 aromatic carbocycles. The second-order valence-corrected chi connectivity index (χ2v) is 5.58. The fraction of sp³-hybridized carbons (Fsp3) is 0.235. The number of rotatable bonds is 3. The first-order valence-corrected chi connectivity index (χ1v) is 7.12. The lowest BCUT2D eigenvalue weighted by Crippen LogP contribution is -2.27. The smallest absolute Gasteiger partial charge is 0.171 e. The van der Waals surface area contributed by atoms with Gasteiger partial charge in [-0.05, 0) is 61.8 Å². The van der Waals surface area contributed by atoms with Crippen LogP contribution in [0.3, 0.4) is 0 Å². The minimum atomic E-state index is 0.649. The maximum atomic E-state index is 5.33. The van der Waals surface area contributed by atoms with Crippen molar-refractivity contribution >= 4 is 23.0 Å². The fourth-order valence-corrected chi connectivity index (χ4v) is 2.30. The summed E-state index contributed by atoms with van der Waals surface area (Å²) < 4.78 is 0. The Kier molecular flexibility index (Phi) is 4.74. The van der Waals surface area contributed by atoms with Gasteiger partial charge < -0.3 is 10.6 Å². The summed E-state index contributed by atoms with van der Waals surface area (Å²) in [5.74, 6) is 0. The Hall–Kier alpha value is -1.87. The van der Waals surface area contributed by atoms with Crippen LogP contribution in [-0.2, 0) is 6.54 Å². The zero-order chi connectivity index (χ0) is 14.5. The van der Waals surface area contributed by atoms with Gasteiger partial charge in [0.15, 0.2) is 5.11 Å². The molecule has 0 atom stereocenters. The first-order valence-electron chi connectivity index (χ1n) is 6.71. The summed E-state index contributed by atoms with van der Waals surface area (Å²) >= 11 is 5.33. The molecule has 0 saturated heterocycles. The van der Waals surface area contributed by atoms with Crippen molar-refractivity contribution in [2.75, 3.05) is 5.32 Å². The summed E-state index contributed by atoms with van der Waals surface area (Å²) in [5.41, 5.74) is 5.98. The maximum absolute atomic E-state index is 5.33. The van der Waals surface area contributed by atoms with E-state index in [9.17, 15) is 0 Å². The summed E-state index contributed by atoms with van der Waals surface area (Å²) in [7, 11) is 0. The summed E-state index contributed by atoms with van der Waals surface area (Å²) in [5, 5.41) is 7.10. The van der Waals surface area contributed by atoms with Gasteiger partial charge in [-0.3, -0.25) is 0 Å². The van der Waals surface area contributed by atoms with E-state index in [0.29, 0.717) is 5.11 Å². The third kappa shape index (κ3) is 4.35. The van der Waals surface area contributed by atoms with Gasteiger partial charge in [-0.2, -0.15) is 0 Å². The van der Waals surface area contributed by atoms with Gasteiger partial charge in [0, 0.05) is 12.2 Å². The van der Waals surface area contributed by atoms with E-state index in [-0.39, 0.29) is 0 Å². The molecule has 2 rings (SSSR count). The van der Waals surface area contributed by atoms with Gasteiger partial charge >= 0.3 is 0 Å². The van der Waals surface area contributed by atoms with E-state index >= 15 is 0 Å². The fourth-order valence-electron chi connectivity index (χ4n) is 2.11. The van der Waals surface area contributed by atoms with Gasteiger partial charge in [-0.1, -0.05) is 35.9 Å². The van der Waals surface area contributed by atoms with Crippen molar-refractivity contribution in [2.45, 2.75) is 27.3 Å². The Balaban J connectivity index is 1.90. The van der Waals surface area contributed by atoms with E-state index in [2.05, 4.69) is 73.9 Å². The molecule has 3 heteroatoms. The lowest BCUT2D eigenvalue weighted by Gasteiger charge is -2.12. The Morgan fingerprint density at radius 2 is 1.50 bits per heavy atom. The minimum absolute atomic E-state index is 0.649. The first kappa shape index (κ1) is 14.5. The van der Waals surface area contributed by atoms with E-state index in [0.717, 1.165) is 12.2 Å². The molecule has 0 aliphatic carbocycles. The van der Waals surface area contributed by atoms with Gasteiger partial charge in [-0.25, -0.2) is 0 Å². The van der Waals surface area contributed by atoms with Crippen LogP contribution < -0.4 is 10.6 Å². The van der Waals surface area contributed by atoms with E-state index in [1.807, 2.05) is 0 Å². The zero-order valence-corrected chi connectivity index (χ0v) is 13.0. The number of hydrogen-bond acceptors (Lipinski definition) is 1. The molecule has 0 aliphatic heterocycles. The van der Waals surface area contributed by atoms with Gasteiger partial charge in [0.1, 0.15) is 0 Å². The van der Waals surface area contributed by atoms with Crippen LogP contribution in [0.25, 0.3) is 0 Å². The molecular weight excluding hydrogens is 264 g/mol. The topological polar surface area (TPSA) is 24.1 Å². The highest BCUT2D eigenvalue weighted by atomic mass is 32.1. The van der Waals surface area contributed by atoms with Crippen LogP contribution >= 0.6 is 12.2 Å². The monoisotopic (exact) mass is 284 g/mol. The minimum Gasteiger partial charge on any atom is -0.358 e. The van der Waals surface area contributed by atoms with Crippen LogP contribution in [0.15, 0.2) is 42.5 Å². The Morgan fingerprint density at radius 3 is 2.10 bits per heavy atom. The SMILES string of the molecule is Cc1ccc(CNC(=S)Nc2cc(C)cc(C)c2)cc1. The molecule has 2 N–H and O–H groups in total. The largest absolute Gasteiger partial charge is 0.358 e. The highest BCUT2D eigenvalue weighted by Crippen LogP contribution is 2.13. The quantitative estimate of drug-likeness (QED) is 0.830. The van der Waals surface area contributed by atoms with Crippen LogP contribution in [0.4, 0.5) is 5.69 Å². The molecule has 0 fully saturated rings. The number of benzene rings is 2. The average molecular weight is 284 g/mol. The first-order chi connectivity index (χ1) is 9.52. The van der Waals surface area contributed by atoms with Crippen LogP contribution in [0.2, 0.25) is 0 Å². The normalized spacial score (nSPS) is 10.2. The van der Waals surface area contributed by atoms with E-state index in [1.54, 1.807) is 0 Å². The van der Waals surface area contributed by atoms with Gasteiger partial charge in [0.25, 0.3) is 0 Å². The molecule has 0 spiro atoms. The van der Waals surface area contributed by atoms with Crippen molar-refractivity contribution in [3.63, 3.8) is 0 Å². The molecule has 0 heterocycles. The Labute approximate surface area is 126 Å². The van der Waals surface area contributed by atoms with Gasteiger partial charge in [0.2, 0.25) is 0 Å². The van der Waals surface area contributed by atoms with E-state index in [1.165, 1.54) is 22.3 Å². The Morgan fingerprint density at radius 1 is 0.900 bits per heavy atom. The van der Waals surface area contributed by atoms with Gasteiger partial charge in [-0.15, -0.1) is 0 Å². The van der Waals surface area contributed by atoms with Crippen molar-refractivity contribution in [2.24, 2.45) is 0 Å². The molecule has 2 nitrogen and oxygen atoms in total. The second kappa shape index (κ2) is 6.53. The predicted molar refractivity (Wildman–Crippen MR) is 90.2 cm³/mol. The molecule has 0 aromatic heterocycles. The second-order valence-electron chi connectivity index (χ2n) is 5.17. The van der Waals surface area contributed by atoms with Crippen molar-refractivity contribution in [1.29, 1.82) is 0 Å². The molecule has 0 radical (unpaired) electrons. The molecule has 20 heavy (non-hydrogen) atoms. The molecular formula is C17H20N2S. The average Bonchev–Trinajstić information content (AvgIpc) is 2.37. The molecule has 0 bridgehead atoms. The summed E-state index contributed by atoms with van der Waals surface area (Å²) in [6, 6.07) is 14.8. The zero-order valence-electron chi connectivity index (χ0n) is 12.2. The lowest BCUT2D eigenvalue weighted by molar-refractivity contribution is 0.925. The molecule has 0 saturated carbocycles. The molecule has 0 aliphatic rings. The molecule has 0 unspecified atom stereocenters. The summed E-state index contributed by atoms with van der Waals surface area (Å²) in [4.78, 5) is 0. The van der Waals surface area contributed by atoms with Crippen LogP contribution in [0, 0.1) is 20.8 Å². The number of thiocarbonyl (C=S) groups is 1. The standard InChI is InChI=1S/C17H20N2S/c1-12-4-6-15(7-5-12)11-18-17(20)19-16-9-13(2)8-14(3)10-16/h4-10H,11H2,1-3H3,(H2,18,19,20). The highest BCUT2D eigenvalue weighted by molar-refractivity contribution is 7.80. The van der Waals surface area contributed by atoms with Crippen LogP contribution in [-0.4, -0.2) is 5.11 Å². The van der Waals surface area contributed by atoms with Crippen molar-refractivity contribution in [1.82, 2.24) is 5.32 Å². The maximum Gasteiger partial charge on any atom is 0.171 e. The molecule has 0 amide bonds. The third-order valence-corrected chi connectivity index (χ3v) is 3.30. The highest BCUT2D eigenvalue weighted by Gasteiger charge is 2.00. The molecule has 104 valence electrons. The van der Waals surface area contributed by atoms with Crippen molar-refractivity contribution in [3.05, 3.63) is 64.7 Å². The Bertz CT molecular complexity index is 583.